The van der Waals surface area contributed by atoms with Crippen molar-refractivity contribution < 1.29 is 0 Å². The van der Waals surface area contributed by atoms with E-state index in [0.29, 0.717) is 0 Å². The normalized spacial score (nSPS) is 10.6. The SMILES string of the molecule is Brc1c(-c2ccccc2)n[nH]c1Sc1ccccc1. The first-order valence-electron chi connectivity index (χ1n) is 5.87. The zero-order valence-electron chi connectivity index (χ0n) is 10.0. The van der Waals surface area contributed by atoms with Crippen molar-refractivity contribution in [1.29, 1.82) is 0 Å². The Morgan fingerprint density at radius 1 is 0.895 bits per heavy atom. The van der Waals surface area contributed by atoms with Crippen LogP contribution in [0.2, 0.25) is 0 Å². The van der Waals surface area contributed by atoms with Gasteiger partial charge in [-0.3, -0.25) is 5.10 Å². The quantitative estimate of drug-likeness (QED) is 0.732. The molecule has 0 bridgehead atoms. The molecule has 0 saturated carbocycles. The van der Waals surface area contributed by atoms with Crippen LogP contribution in [0.1, 0.15) is 0 Å². The lowest BCUT2D eigenvalue weighted by Crippen LogP contribution is -1.77. The standard InChI is InChI=1S/C15H11BrN2S/c16-13-14(11-7-3-1-4-8-11)17-18-15(13)19-12-9-5-2-6-10-12/h1-10H,(H,17,18). The van der Waals surface area contributed by atoms with Gasteiger partial charge in [-0.1, -0.05) is 60.3 Å². The van der Waals surface area contributed by atoms with Gasteiger partial charge in [-0.25, -0.2) is 0 Å². The Hall–Kier alpha value is -1.52. The van der Waals surface area contributed by atoms with E-state index in [4.69, 9.17) is 0 Å². The summed E-state index contributed by atoms with van der Waals surface area (Å²) in [5, 5.41) is 8.50. The third kappa shape index (κ3) is 2.74. The van der Waals surface area contributed by atoms with Crippen LogP contribution in [0.3, 0.4) is 0 Å². The van der Waals surface area contributed by atoms with Gasteiger partial charge in [0.2, 0.25) is 0 Å². The zero-order chi connectivity index (χ0) is 13.1. The van der Waals surface area contributed by atoms with Crippen molar-refractivity contribution in [3.05, 3.63) is 65.1 Å². The van der Waals surface area contributed by atoms with E-state index in [-0.39, 0.29) is 0 Å². The third-order valence-corrected chi connectivity index (χ3v) is 4.73. The molecule has 0 atom stereocenters. The van der Waals surface area contributed by atoms with Crippen molar-refractivity contribution in [2.45, 2.75) is 9.92 Å². The summed E-state index contributed by atoms with van der Waals surface area (Å²) >= 11 is 5.30. The largest absolute Gasteiger partial charge is 0.270 e. The van der Waals surface area contributed by atoms with E-state index in [9.17, 15) is 0 Å². The summed E-state index contributed by atoms with van der Waals surface area (Å²) in [7, 11) is 0. The first-order chi connectivity index (χ1) is 9.34. The lowest BCUT2D eigenvalue weighted by Gasteiger charge is -1.99. The molecule has 1 aromatic heterocycles. The smallest absolute Gasteiger partial charge is 0.110 e. The molecule has 19 heavy (non-hydrogen) atoms. The fraction of sp³-hybridized carbons (Fsp3) is 0. The summed E-state index contributed by atoms with van der Waals surface area (Å²) in [6, 6.07) is 20.4. The summed E-state index contributed by atoms with van der Waals surface area (Å²) in [4.78, 5) is 1.19. The Morgan fingerprint density at radius 3 is 2.21 bits per heavy atom. The number of hydrogen-bond donors (Lipinski definition) is 1. The monoisotopic (exact) mass is 330 g/mol. The van der Waals surface area contributed by atoms with Gasteiger partial charge in [0.05, 0.1) is 4.47 Å². The highest BCUT2D eigenvalue weighted by atomic mass is 79.9. The molecule has 0 unspecified atom stereocenters. The van der Waals surface area contributed by atoms with E-state index in [1.54, 1.807) is 11.8 Å². The molecule has 0 spiro atoms. The molecule has 2 aromatic carbocycles. The number of aromatic amines is 1. The van der Waals surface area contributed by atoms with Crippen LogP contribution >= 0.6 is 27.7 Å². The fourth-order valence-electron chi connectivity index (χ4n) is 1.77. The molecule has 0 aliphatic carbocycles. The summed E-state index contributed by atoms with van der Waals surface area (Å²) in [5.74, 6) is 0. The first kappa shape index (κ1) is 12.5. The van der Waals surface area contributed by atoms with Crippen LogP contribution in [0.4, 0.5) is 0 Å². The average Bonchev–Trinajstić information content (AvgIpc) is 2.82. The average molecular weight is 331 g/mol. The van der Waals surface area contributed by atoms with Crippen LogP contribution in [0.5, 0.6) is 0 Å². The van der Waals surface area contributed by atoms with Crippen molar-refractivity contribution in [1.82, 2.24) is 10.2 Å². The predicted octanol–water partition coefficient (Wildman–Crippen LogP) is 4.99. The van der Waals surface area contributed by atoms with Gasteiger partial charge >= 0.3 is 0 Å². The first-order valence-corrected chi connectivity index (χ1v) is 7.48. The highest BCUT2D eigenvalue weighted by molar-refractivity contribution is 9.10. The van der Waals surface area contributed by atoms with Gasteiger partial charge in [-0.05, 0) is 28.1 Å². The molecule has 1 heterocycles. The number of nitrogens with one attached hydrogen (secondary N) is 1. The highest BCUT2D eigenvalue weighted by Crippen LogP contribution is 2.37. The maximum absolute atomic E-state index is 4.39. The second-order valence-electron chi connectivity index (χ2n) is 4.00. The molecular formula is C15H11BrN2S. The van der Waals surface area contributed by atoms with E-state index in [1.807, 2.05) is 36.4 Å². The molecule has 0 radical (unpaired) electrons. The maximum Gasteiger partial charge on any atom is 0.110 e. The fourth-order valence-corrected chi connectivity index (χ4v) is 3.23. The van der Waals surface area contributed by atoms with Gasteiger partial charge in [0.15, 0.2) is 0 Å². The van der Waals surface area contributed by atoms with Crippen LogP contribution in [0.25, 0.3) is 11.3 Å². The summed E-state index contributed by atoms with van der Waals surface area (Å²) in [5.41, 5.74) is 2.05. The minimum absolute atomic E-state index is 0.944. The summed E-state index contributed by atoms with van der Waals surface area (Å²) < 4.78 is 1.01. The Labute approximate surface area is 124 Å². The Balaban J connectivity index is 1.92. The van der Waals surface area contributed by atoms with Crippen LogP contribution in [-0.4, -0.2) is 10.2 Å². The molecule has 0 aliphatic rings. The second kappa shape index (κ2) is 5.63. The van der Waals surface area contributed by atoms with Gasteiger partial charge < -0.3 is 0 Å². The lowest BCUT2D eigenvalue weighted by molar-refractivity contribution is 1.00. The number of H-pyrrole nitrogens is 1. The van der Waals surface area contributed by atoms with E-state index in [0.717, 1.165) is 20.8 Å². The van der Waals surface area contributed by atoms with Crippen LogP contribution in [0, 0.1) is 0 Å². The Morgan fingerprint density at radius 2 is 1.53 bits per heavy atom. The zero-order valence-corrected chi connectivity index (χ0v) is 12.4. The molecule has 4 heteroatoms. The van der Waals surface area contributed by atoms with Crippen LogP contribution in [0.15, 0.2) is 75.1 Å². The number of rotatable bonds is 3. The van der Waals surface area contributed by atoms with Gasteiger partial charge in [0.25, 0.3) is 0 Å². The Bertz CT molecular complexity index is 665. The molecule has 3 aromatic rings. The minimum Gasteiger partial charge on any atom is -0.270 e. The topological polar surface area (TPSA) is 28.7 Å². The van der Waals surface area contributed by atoms with Gasteiger partial charge in [-0.2, -0.15) is 5.10 Å². The maximum atomic E-state index is 4.39. The molecule has 0 aliphatic heterocycles. The van der Waals surface area contributed by atoms with Gasteiger partial charge in [0.1, 0.15) is 10.7 Å². The van der Waals surface area contributed by atoms with E-state index < -0.39 is 0 Å². The molecular weight excluding hydrogens is 320 g/mol. The van der Waals surface area contributed by atoms with E-state index in [1.165, 1.54) is 4.90 Å². The number of nitrogens with zero attached hydrogens (tertiary/aromatic N) is 1. The van der Waals surface area contributed by atoms with Crippen molar-refractivity contribution in [3.63, 3.8) is 0 Å². The third-order valence-electron chi connectivity index (χ3n) is 2.69. The number of aromatic nitrogens is 2. The van der Waals surface area contributed by atoms with Crippen LogP contribution < -0.4 is 0 Å². The number of halogens is 1. The molecule has 94 valence electrons. The molecule has 0 fully saturated rings. The van der Waals surface area contributed by atoms with E-state index in [2.05, 4.69) is 50.4 Å². The van der Waals surface area contributed by atoms with Crippen LogP contribution in [-0.2, 0) is 0 Å². The van der Waals surface area contributed by atoms with Gasteiger partial charge in [0, 0.05) is 10.5 Å². The Kier molecular flexibility index (Phi) is 3.71. The van der Waals surface area contributed by atoms with Crippen molar-refractivity contribution in [2.75, 3.05) is 0 Å². The molecule has 0 amide bonds. The molecule has 1 N–H and O–H groups in total. The molecule has 3 rings (SSSR count). The number of hydrogen-bond acceptors (Lipinski definition) is 2. The molecule has 0 saturated heterocycles. The summed E-state index contributed by atoms with van der Waals surface area (Å²) in [6.45, 7) is 0. The van der Waals surface area contributed by atoms with E-state index >= 15 is 0 Å². The number of benzene rings is 2. The lowest BCUT2D eigenvalue weighted by atomic mass is 10.2. The van der Waals surface area contributed by atoms with Gasteiger partial charge in [-0.15, -0.1) is 0 Å². The highest BCUT2D eigenvalue weighted by Gasteiger charge is 2.12. The van der Waals surface area contributed by atoms with Crippen molar-refractivity contribution >= 4 is 27.7 Å². The molecule has 2 nitrogen and oxygen atoms in total. The minimum atomic E-state index is 0.944. The second-order valence-corrected chi connectivity index (χ2v) is 5.87. The summed E-state index contributed by atoms with van der Waals surface area (Å²) in [6.07, 6.45) is 0. The van der Waals surface area contributed by atoms with Crippen molar-refractivity contribution in [2.24, 2.45) is 0 Å². The van der Waals surface area contributed by atoms with Crippen molar-refractivity contribution in [3.8, 4) is 11.3 Å². The predicted molar refractivity (Wildman–Crippen MR) is 82.3 cm³/mol.